The molecule has 0 unspecified atom stereocenters. The van der Waals surface area contributed by atoms with E-state index in [4.69, 9.17) is 5.11 Å². The summed E-state index contributed by atoms with van der Waals surface area (Å²) in [5, 5.41) is 8.85. The molecule has 0 aliphatic carbocycles. The summed E-state index contributed by atoms with van der Waals surface area (Å²) in [6.45, 7) is 0.227. The quantitative estimate of drug-likeness (QED) is 0.327. The Morgan fingerprint density at radius 3 is 1.91 bits per heavy atom. The number of aromatic nitrogens is 8. The maximum atomic E-state index is 13.1. The first-order valence-electron chi connectivity index (χ1n) is 10.6. The molecule has 0 radical (unpaired) electrons. The summed E-state index contributed by atoms with van der Waals surface area (Å²) < 4.78 is 7.70. The topological polar surface area (TPSA) is 161 Å². The van der Waals surface area contributed by atoms with E-state index in [2.05, 4.69) is 9.97 Å². The van der Waals surface area contributed by atoms with Gasteiger partial charge < -0.3 is 14.2 Å². The molecule has 0 spiro atoms. The Labute approximate surface area is 190 Å². The second kappa shape index (κ2) is 8.61. The van der Waals surface area contributed by atoms with Crippen LogP contribution < -0.4 is 22.5 Å². The van der Waals surface area contributed by atoms with Crippen LogP contribution in [0.4, 0.5) is 0 Å². The van der Waals surface area contributed by atoms with E-state index in [1.807, 2.05) is 0 Å². The molecule has 0 aliphatic heterocycles. The monoisotopic (exact) mass is 472 g/mol. The van der Waals surface area contributed by atoms with Crippen LogP contribution in [0.5, 0.6) is 0 Å². The van der Waals surface area contributed by atoms with Crippen molar-refractivity contribution in [2.24, 2.45) is 21.1 Å². The first-order valence-corrected chi connectivity index (χ1v) is 10.6. The lowest BCUT2D eigenvalue weighted by molar-refractivity contribution is -0.137. The number of fused-ring (bicyclic) bond motifs is 2. The average molecular weight is 472 g/mol. The third-order valence-electron chi connectivity index (χ3n) is 5.86. The fraction of sp³-hybridized carbons (Fsp3) is 0.450. The maximum absolute atomic E-state index is 13.1. The van der Waals surface area contributed by atoms with E-state index in [-0.39, 0.29) is 54.8 Å². The van der Waals surface area contributed by atoms with Crippen molar-refractivity contribution in [3.8, 4) is 0 Å². The van der Waals surface area contributed by atoms with Crippen molar-refractivity contribution >= 4 is 28.3 Å². The first-order chi connectivity index (χ1) is 16.1. The number of nitrogens with zero attached hydrogens (tertiary/aromatic N) is 8. The molecule has 4 aromatic heterocycles. The highest BCUT2D eigenvalue weighted by Crippen LogP contribution is 2.08. The molecule has 14 nitrogen and oxygen atoms in total. The molecule has 0 amide bonds. The van der Waals surface area contributed by atoms with Crippen LogP contribution >= 0.6 is 0 Å². The minimum Gasteiger partial charge on any atom is -0.481 e. The van der Waals surface area contributed by atoms with E-state index >= 15 is 0 Å². The number of aliphatic carboxylic acids is 1. The Morgan fingerprint density at radius 1 is 0.794 bits per heavy atom. The number of imidazole rings is 2. The molecule has 0 saturated heterocycles. The van der Waals surface area contributed by atoms with Crippen LogP contribution in [-0.4, -0.2) is 48.4 Å². The lowest BCUT2D eigenvalue weighted by atomic mass is 10.3. The van der Waals surface area contributed by atoms with Gasteiger partial charge in [-0.3, -0.25) is 32.7 Å². The number of carboxylic acids is 1. The fourth-order valence-electron chi connectivity index (χ4n) is 4.07. The molecule has 0 aliphatic rings. The summed E-state index contributed by atoms with van der Waals surface area (Å²) in [6, 6.07) is 0. The van der Waals surface area contributed by atoms with Gasteiger partial charge in [0.2, 0.25) is 0 Å². The zero-order valence-electron chi connectivity index (χ0n) is 19.0. The van der Waals surface area contributed by atoms with Crippen molar-refractivity contribution in [3.05, 3.63) is 54.3 Å². The number of carbonyl (C=O) groups is 1. The normalized spacial score (nSPS) is 11.6. The Bertz CT molecular complexity index is 1660. The van der Waals surface area contributed by atoms with E-state index < -0.39 is 28.5 Å². The number of rotatable bonds is 8. The molecule has 0 atom stereocenters. The van der Waals surface area contributed by atoms with E-state index in [9.17, 15) is 24.0 Å². The van der Waals surface area contributed by atoms with Crippen molar-refractivity contribution in [2.45, 2.75) is 38.9 Å². The van der Waals surface area contributed by atoms with E-state index in [0.717, 1.165) is 9.13 Å². The molecule has 180 valence electrons. The largest absolute Gasteiger partial charge is 0.481 e. The Balaban J connectivity index is 1.66. The summed E-state index contributed by atoms with van der Waals surface area (Å²) in [5.41, 5.74) is -1.22. The van der Waals surface area contributed by atoms with Gasteiger partial charge in [-0.05, 0) is 12.8 Å². The van der Waals surface area contributed by atoms with Gasteiger partial charge in [-0.15, -0.1) is 0 Å². The second-order valence-corrected chi connectivity index (χ2v) is 8.09. The highest BCUT2D eigenvalue weighted by molar-refractivity contribution is 5.70. The highest BCUT2D eigenvalue weighted by Gasteiger charge is 2.18. The van der Waals surface area contributed by atoms with Gasteiger partial charge in [-0.25, -0.2) is 19.6 Å². The summed E-state index contributed by atoms with van der Waals surface area (Å²) in [6.07, 6.45) is 3.26. The number of hydrogen-bond donors (Lipinski definition) is 1. The van der Waals surface area contributed by atoms with Gasteiger partial charge in [0.1, 0.15) is 0 Å². The number of aryl methyl sites for hydroxylation is 4. The summed E-state index contributed by atoms with van der Waals surface area (Å²) in [5.74, 6) is -0.945. The summed E-state index contributed by atoms with van der Waals surface area (Å²) >= 11 is 0. The van der Waals surface area contributed by atoms with E-state index in [1.165, 1.54) is 45.0 Å². The zero-order chi connectivity index (χ0) is 24.7. The van der Waals surface area contributed by atoms with Crippen LogP contribution in [-0.2, 0) is 45.6 Å². The lowest BCUT2D eigenvalue weighted by Gasteiger charge is -2.11. The Kier molecular flexibility index (Phi) is 5.81. The predicted octanol–water partition coefficient (Wildman–Crippen LogP) is -1.40. The van der Waals surface area contributed by atoms with Crippen LogP contribution in [0.1, 0.15) is 19.3 Å². The van der Waals surface area contributed by atoms with Gasteiger partial charge in [-0.1, -0.05) is 0 Å². The zero-order valence-corrected chi connectivity index (χ0v) is 19.0. The van der Waals surface area contributed by atoms with Gasteiger partial charge in [0.15, 0.2) is 22.3 Å². The third kappa shape index (κ3) is 3.66. The van der Waals surface area contributed by atoms with Crippen LogP contribution in [0.3, 0.4) is 0 Å². The van der Waals surface area contributed by atoms with Gasteiger partial charge in [0.05, 0.1) is 12.7 Å². The van der Waals surface area contributed by atoms with Crippen LogP contribution in [0.2, 0.25) is 0 Å². The fourth-order valence-corrected chi connectivity index (χ4v) is 4.07. The standard InChI is InChI=1S/C20H24N8O6/c1-23-10-21-15-13(23)17(31)27(19(33)24(15)2)8-5-9-28-18(32)14-16(25(3)20(28)34)22-11-26(14)7-4-6-12(29)30/h10-11H,4-9H2,1-3H3,(H,29,30). The van der Waals surface area contributed by atoms with Crippen LogP contribution in [0.15, 0.2) is 31.8 Å². The molecule has 34 heavy (non-hydrogen) atoms. The Hall–Kier alpha value is -4.23. The van der Waals surface area contributed by atoms with Gasteiger partial charge in [-0.2, -0.15) is 0 Å². The Morgan fingerprint density at radius 2 is 1.32 bits per heavy atom. The molecule has 0 fully saturated rings. The minimum atomic E-state index is -0.945. The molecular weight excluding hydrogens is 448 g/mol. The van der Waals surface area contributed by atoms with Crippen molar-refractivity contribution in [3.63, 3.8) is 0 Å². The summed E-state index contributed by atoms with van der Waals surface area (Å²) in [4.78, 5) is 70.4. The number of hydrogen-bond acceptors (Lipinski definition) is 7. The van der Waals surface area contributed by atoms with Gasteiger partial charge >= 0.3 is 17.3 Å². The molecule has 0 aromatic carbocycles. The molecule has 4 rings (SSSR count). The van der Waals surface area contributed by atoms with Crippen LogP contribution in [0.25, 0.3) is 22.3 Å². The van der Waals surface area contributed by atoms with Gasteiger partial charge in [0, 0.05) is 47.2 Å². The first kappa shape index (κ1) is 22.9. The van der Waals surface area contributed by atoms with Crippen molar-refractivity contribution < 1.29 is 9.90 Å². The minimum absolute atomic E-state index is 0.00185. The predicted molar refractivity (Wildman–Crippen MR) is 121 cm³/mol. The van der Waals surface area contributed by atoms with E-state index in [0.29, 0.717) is 6.42 Å². The molecule has 0 bridgehead atoms. The SMILES string of the molecule is Cn1cnc2c1c(=O)n(CCCn1c(=O)c3c(ncn3CCCC(=O)O)n(C)c1=O)c(=O)n2C. The molecule has 4 aromatic rings. The van der Waals surface area contributed by atoms with Crippen LogP contribution in [0, 0.1) is 0 Å². The average Bonchev–Trinajstić information content (AvgIpc) is 3.39. The maximum Gasteiger partial charge on any atom is 0.332 e. The lowest BCUT2D eigenvalue weighted by Crippen LogP contribution is -2.42. The van der Waals surface area contributed by atoms with Crippen molar-refractivity contribution in [2.75, 3.05) is 0 Å². The molecule has 0 saturated carbocycles. The second-order valence-electron chi connectivity index (χ2n) is 8.09. The molecule has 4 heterocycles. The van der Waals surface area contributed by atoms with Crippen molar-refractivity contribution in [1.29, 1.82) is 0 Å². The molecular formula is C20H24N8O6. The highest BCUT2D eigenvalue weighted by atomic mass is 16.4. The number of carboxylic acid groups (broad SMARTS) is 1. The molecule has 14 heteroatoms. The third-order valence-corrected chi connectivity index (χ3v) is 5.86. The van der Waals surface area contributed by atoms with E-state index in [1.54, 1.807) is 7.05 Å². The van der Waals surface area contributed by atoms with Gasteiger partial charge in [0.25, 0.3) is 11.1 Å². The smallest absolute Gasteiger partial charge is 0.332 e. The van der Waals surface area contributed by atoms with Crippen molar-refractivity contribution in [1.82, 2.24) is 37.4 Å². The summed E-state index contributed by atoms with van der Waals surface area (Å²) in [7, 11) is 4.67. The molecule has 1 N–H and O–H groups in total.